The quantitative estimate of drug-likeness (QED) is 0.326. The summed E-state index contributed by atoms with van der Waals surface area (Å²) in [6.45, 7) is 1.15. The van der Waals surface area contributed by atoms with Gasteiger partial charge in [-0.05, 0) is 18.9 Å². The molecule has 0 spiro atoms. The van der Waals surface area contributed by atoms with Crippen LogP contribution in [0.5, 0.6) is 0 Å². The van der Waals surface area contributed by atoms with Gasteiger partial charge in [-0.25, -0.2) is 4.79 Å². The van der Waals surface area contributed by atoms with Crippen molar-refractivity contribution in [1.82, 2.24) is 4.57 Å². The van der Waals surface area contributed by atoms with Crippen molar-refractivity contribution < 1.29 is 19.1 Å². The molecule has 0 aromatic carbocycles. The van der Waals surface area contributed by atoms with Gasteiger partial charge in [-0.15, -0.1) is 0 Å². The van der Waals surface area contributed by atoms with E-state index in [2.05, 4.69) is 4.74 Å². The number of Topliss-reactive ketones (excluding diaryl/α,β-unsaturated/α-hetero) is 1. The highest BCUT2D eigenvalue weighted by molar-refractivity contribution is 6.77. The highest BCUT2D eigenvalue weighted by Crippen LogP contribution is 2.31. The molecule has 0 aliphatic rings. The van der Waals surface area contributed by atoms with E-state index in [-0.39, 0.29) is 11.3 Å². The molecule has 0 N–H and O–H groups in total. The van der Waals surface area contributed by atoms with Gasteiger partial charge in [-0.1, -0.05) is 34.8 Å². The van der Waals surface area contributed by atoms with Gasteiger partial charge in [-0.2, -0.15) is 0 Å². The minimum atomic E-state index is -2.06. The number of halogens is 3. The third-order valence-corrected chi connectivity index (χ3v) is 3.32. The monoisotopic (exact) mass is 355 g/mol. The number of carbonyl (C=O) groups is 2. The van der Waals surface area contributed by atoms with Crippen LogP contribution in [0.3, 0.4) is 0 Å². The van der Waals surface area contributed by atoms with Crippen molar-refractivity contribution in [3.63, 3.8) is 0 Å². The number of esters is 1. The first-order valence-electron chi connectivity index (χ1n) is 6.20. The number of aromatic nitrogens is 1. The molecule has 0 saturated carbocycles. The lowest BCUT2D eigenvalue weighted by atomic mass is 10.2. The standard InChI is InChI=1S/C13H16Cl3NO4/c1-20-6-4-3-5-17-8-9(11(18)13(14,15)16)7-10(17)12(19)21-2/h7-8H,3-6H2,1-2H3. The Morgan fingerprint density at radius 2 is 1.90 bits per heavy atom. The highest BCUT2D eigenvalue weighted by Gasteiger charge is 2.33. The zero-order valence-electron chi connectivity index (χ0n) is 11.7. The van der Waals surface area contributed by atoms with Crippen molar-refractivity contribution in [2.24, 2.45) is 0 Å². The lowest BCUT2D eigenvalue weighted by molar-refractivity contribution is 0.0588. The number of methoxy groups -OCH3 is 2. The molecule has 1 rings (SSSR count). The van der Waals surface area contributed by atoms with Crippen LogP contribution in [0.25, 0.3) is 0 Å². The maximum atomic E-state index is 11.9. The predicted molar refractivity (Wildman–Crippen MR) is 81.5 cm³/mol. The van der Waals surface area contributed by atoms with Crippen LogP contribution in [-0.2, 0) is 16.0 Å². The lowest BCUT2D eigenvalue weighted by Gasteiger charge is -2.07. The van der Waals surface area contributed by atoms with Gasteiger partial charge in [0, 0.05) is 32.0 Å². The molecule has 21 heavy (non-hydrogen) atoms. The van der Waals surface area contributed by atoms with E-state index < -0.39 is 15.5 Å². The summed E-state index contributed by atoms with van der Waals surface area (Å²) in [4.78, 5) is 23.7. The molecule has 1 heterocycles. The predicted octanol–water partition coefficient (Wildman–Crippen LogP) is 3.25. The number of ether oxygens (including phenoxy) is 2. The fourth-order valence-corrected chi connectivity index (χ4v) is 2.11. The smallest absolute Gasteiger partial charge is 0.354 e. The zero-order valence-corrected chi connectivity index (χ0v) is 14.0. The van der Waals surface area contributed by atoms with Gasteiger partial charge >= 0.3 is 5.97 Å². The summed E-state index contributed by atoms with van der Waals surface area (Å²) in [5.41, 5.74) is 0.398. The van der Waals surface area contributed by atoms with E-state index in [0.29, 0.717) is 13.2 Å². The van der Waals surface area contributed by atoms with Crippen LogP contribution < -0.4 is 0 Å². The van der Waals surface area contributed by atoms with E-state index >= 15 is 0 Å². The Kier molecular flexibility index (Phi) is 7.00. The van der Waals surface area contributed by atoms with E-state index in [0.717, 1.165) is 12.8 Å². The number of hydrogen-bond acceptors (Lipinski definition) is 4. The molecule has 0 radical (unpaired) electrons. The second-order valence-electron chi connectivity index (χ2n) is 4.33. The Morgan fingerprint density at radius 1 is 1.24 bits per heavy atom. The Bertz CT molecular complexity index is 508. The van der Waals surface area contributed by atoms with Gasteiger partial charge in [0.1, 0.15) is 5.69 Å². The van der Waals surface area contributed by atoms with Crippen LogP contribution in [-0.4, -0.2) is 40.9 Å². The van der Waals surface area contributed by atoms with E-state index in [9.17, 15) is 9.59 Å². The van der Waals surface area contributed by atoms with Gasteiger partial charge < -0.3 is 14.0 Å². The van der Waals surface area contributed by atoms with E-state index in [4.69, 9.17) is 39.5 Å². The lowest BCUT2D eigenvalue weighted by Crippen LogP contribution is -2.18. The van der Waals surface area contributed by atoms with Crippen LogP contribution >= 0.6 is 34.8 Å². The maximum absolute atomic E-state index is 11.9. The molecule has 0 fully saturated rings. The minimum Gasteiger partial charge on any atom is -0.464 e. The Hall–Kier alpha value is -0.750. The van der Waals surface area contributed by atoms with Crippen LogP contribution in [0, 0.1) is 0 Å². The largest absolute Gasteiger partial charge is 0.464 e. The summed E-state index contributed by atoms with van der Waals surface area (Å²) < 4.78 is 9.20. The molecule has 0 atom stereocenters. The van der Waals surface area contributed by atoms with E-state index in [1.54, 1.807) is 11.7 Å². The summed E-state index contributed by atoms with van der Waals surface area (Å²) >= 11 is 16.7. The normalized spacial score (nSPS) is 11.5. The summed E-state index contributed by atoms with van der Waals surface area (Å²) in [7, 11) is 2.88. The number of aryl methyl sites for hydroxylation is 1. The first kappa shape index (κ1) is 18.3. The maximum Gasteiger partial charge on any atom is 0.354 e. The molecule has 0 aliphatic carbocycles. The van der Waals surface area contributed by atoms with Gasteiger partial charge in [0.2, 0.25) is 5.78 Å². The number of unbranched alkanes of at least 4 members (excludes halogenated alkanes) is 1. The number of rotatable bonds is 7. The molecule has 118 valence electrons. The Labute approximate surface area is 138 Å². The van der Waals surface area contributed by atoms with Crippen LogP contribution in [0.1, 0.15) is 33.7 Å². The van der Waals surface area contributed by atoms with Gasteiger partial charge in [0.05, 0.1) is 7.11 Å². The SMILES string of the molecule is COCCCCn1cc(C(=O)C(Cl)(Cl)Cl)cc1C(=O)OC. The van der Waals surface area contributed by atoms with Crippen LogP contribution in [0.15, 0.2) is 12.3 Å². The fraction of sp³-hybridized carbons (Fsp3) is 0.538. The number of ketones is 1. The summed E-state index contributed by atoms with van der Waals surface area (Å²) in [6.07, 6.45) is 3.08. The second-order valence-corrected chi connectivity index (χ2v) is 6.61. The van der Waals surface area contributed by atoms with E-state index in [1.165, 1.54) is 19.4 Å². The molecular weight excluding hydrogens is 341 g/mol. The molecule has 1 aromatic heterocycles. The second kappa shape index (κ2) is 8.03. The minimum absolute atomic E-state index is 0.155. The third kappa shape index (κ3) is 5.18. The summed E-state index contributed by atoms with van der Waals surface area (Å²) in [5.74, 6) is -1.24. The van der Waals surface area contributed by atoms with Gasteiger partial charge in [0.25, 0.3) is 3.79 Å². The first-order chi connectivity index (χ1) is 9.81. The third-order valence-electron chi connectivity index (χ3n) is 2.81. The number of hydrogen-bond donors (Lipinski definition) is 0. The number of nitrogens with zero attached hydrogens (tertiary/aromatic N) is 1. The molecular formula is C13H16Cl3NO4. The van der Waals surface area contributed by atoms with Crippen LogP contribution in [0.2, 0.25) is 0 Å². The van der Waals surface area contributed by atoms with Crippen molar-refractivity contribution in [3.05, 3.63) is 23.5 Å². The van der Waals surface area contributed by atoms with Crippen molar-refractivity contribution in [3.8, 4) is 0 Å². The molecule has 1 aromatic rings. The average molecular weight is 357 g/mol. The molecule has 0 aliphatic heterocycles. The molecule has 0 amide bonds. The molecule has 0 unspecified atom stereocenters. The summed E-state index contributed by atoms with van der Waals surface area (Å²) in [6, 6.07) is 1.37. The summed E-state index contributed by atoms with van der Waals surface area (Å²) in [5, 5.41) is 0. The first-order valence-corrected chi connectivity index (χ1v) is 7.33. The van der Waals surface area contributed by atoms with Gasteiger partial charge in [0.15, 0.2) is 0 Å². The number of alkyl halides is 3. The number of carbonyl (C=O) groups excluding carboxylic acids is 2. The highest BCUT2D eigenvalue weighted by atomic mass is 35.6. The van der Waals surface area contributed by atoms with E-state index in [1.807, 2.05) is 0 Å². The topological polar surface area (TPSA) is 57.5 Å². The molecule has 5 nitrogen and oxygen atoms in total. The average Bonchev–Trinajstić information content (AvgIpc) is 2.84. The van der Waals surface area contributed by atoms with Crippen molar-refractivity contribution >= 4 is 46.6 Å². The molecule has 8 heteroatoms. The zero-order chi connectivity index (χ0) is 16.0. The molecule has 0 saturated heterocycles. The van der Waals surface area contributed by atoms with Crippen LogP contribution in [0.4, 0.5) is 0 Å². The van der Waals surface area contributed by atoms with Crippen molar-refractivity contribution in [2.45, 2.75) is 23.2 Å². The molecule has 0 bridgehead atoms. The van der Waals surface area contributed by atoms with Crippen molar-refractivity contribution in [2.75, 3.05) is 20.8 Å². The Balaban J connectivity index is 2.96. The van der Waals surface area contributed by atoms with Gasteiger partial charge in [-0.3, -0.25) is 4.79 Å². The fourth-order valence-electron chi connectivity index (χ4n) is 1.79. The van der Waals surface area contributed by atoms with Crippen molar-refractivity contribution in [1.29, 1.82) is 0 Å². The Morgan fingerprint density at radius 3 is 2.43 bits per heavy atom.